The van der Waals surface area contributed by atoms with Crippen molar-refractivity contribution in [3.63, 3.8) is 0 Å². The van der Waals surface area contributed by atoms with Crippen molar-refractivity contribution in [1.29, 1.82) is 0 Å². The van der Waals surface area contributed by atoms with Gasteiger partial charge >= 0.3 is 0 Å². The Labute approximate surface area is 191 Å². The zero-order valence-electron chi connectivity index (χ0n) is 17.9. The Balaban J connectivity index is 1.63. The monoisotopic (exact) mass is 461 g/mol. The molecule has 3 heterocycles. The number of aryl methyl sites for hydroxylation is 1. The molecule has 2 aromatic carbocycles. The third-order valence-electron chi connectivity index (χ3n) is 5.49. The van der Waals surface area contributed by atoms with Crippen LogP contribution < -0.4 is 11.5 Å². The highest BCUT2D eigenvalue weighted by atomic mass is 19.2. The SMILES string of the molecule is Cc1ccc(-c2c(N)nc(-n3nc(Cc4c(F)ccc(F)c4F)c4ccccc43)nc2N)cn1. The van der Waals surface area contributed by atoms with Gasteiger partial charge in [0.15, 0.2) is 11.6 Å². The van der Waals surface area contributed by atoms with Crippen molar-refractivity contribution in [2.75, 3.05) is 11.5 Å². The summed E-state index contributed by atoms with van der Waals surface area (Å²) in [6, 6.07) is 12.3. The van der Waals surface area contributed by atoms with Crippen molar-refractivity contribution in [1.82, 2.24) is 24.7 Å². The first-order valence-corrected chi connectivity index (χ1v) is 10.3. The van der Waals surface area contributed by atoms with E-state index in [0.717, 1.165) is 17.8 Å². The van der Waals surface area contributed by atoms with E-state index in [2.05, 4.69) is 20.1 Å². The number of fused-ring (bicyclic) bond motifs is 1. The Bertz CT molecular complexity index is 1520. The molecular weight excluding hydrogens is 443 g/mol. The van der Waals surface area contributed by atoms with Crippen LogP contribution in [0.3, 0.4) is 0 Å². The molecule has 0 aliphatic carbocycles. The number of anilines is 2. The highest BCUT2D eigenvalue weighted by molar-refractivity contribution is 5.85. The lowest BCUT2D eigenvalue weighted by Crippen LogP contribution is -2.10. The largest absolute Gasteiger partial charge is 0.383 e. The van der Waals surface area contributed by atoms with Gasteiger partial charge in [-0.25, -0.2) is 13.2 Å². The maximum Gasteiger partial charge on any atom is 0.255 e. The molecule has 5 aromatic rings. The highest BCUT2D eigenvalue weighted by Crippen LogP contribution is 2.31. The lowest BCUT2D eigenvalue weighted by Gasteiger charge is -2.11. The first-order chi connectivity index (χ1) is 16.3. The summed E-state index contributed by atoms with van der Waals surface area (Å²) in [5, 5.41) is 5.07. The zero-order valence-corrected chi connectivity index (χ0v) is 17.9. The maximum absolute atomic E-state index is 14.3. The van der Waals surface area contributed by atoms with Gasteiger partial charge in [0, 0.05) is 34.8 Å². The average molecular weight is 461 g/mol. The molecule has 0 radical (unpaired) electrons. The van der Waals surface area contributed by atoms with Gasteiger partial charge < -0.3 is 11.5 Å². The molecule has 3 aromatic heterocycles. The molecule has 4 N–H and O–H groups in total. The summed E-state index contributed by atoms with van der Waals surface area (Å²) < 4.78 is 43.7. The van der Waals surface area contributed by atoms with Crippen LogP contribution in [-0.2, 0) is 6.42 Å². The van der Waals surface area contributed by atoms with Gasteiger partial charge in [-0.3, -0.25) is 4.98 Å². The molecule has 5 rings (SSSR count). The fourth-order valence-corrected chi connectivity index (χ4v) is 3.80. The molecule has 170 valence electrons. The highest BCUT2D eigenvalue weighted by Gasteiger charge is 2.21. The minimum Gasteiger partial charge on any atom is -0.383 e. The van der Waals surface area contributed by atoms with E-state index in [4.69, 9.17) is 11.5 Å². The zero-order chi connectivity index (χ0) is 24.0. The van der Waals surface area contributed by atoms with Crippen LogP contribution in [0.2, 0.25) is 0 Å². The number of nitrogens with two attached hydrogens (primary N) is 2. The molecule has 0 amide bonds. The summed E-state index contributed by atoms with van der Waals surface area (Å²) in [5.41, 5.74) is 14.8. The molecule has 0 unspecified atom stereocenters. The van der Waals surface area contributed by atoms with E-state index in [0.29, 0.717) is 27.7 Å². The van der Waals surface area contributed by atoms with Crippen LogP contribution in [0.15, 0.2) is 54.7 Å². The van der Waals surface area contributed by atoms with Crippen molar-refractivity contribution >= 4 is 22.5 Å². The van der Waals surface area contributed by atoms with Crippen LogP contribution in [0.5, 0.6) is 0 Å². The van der Waals surface area contributed by atoms with Gasteiger partial charge in [0.2, 0.25) is 0 Å². The number of hydrogen-bond acceptors (Lipinski definition) is 6. The Kier molecular flexibility index (Phi) is 5.12. The average Bonchev–Trinajstić information content (AvgIpc) is 3.18. The van der Waals surface area contributed by atoms with Gasteiger partial charge in [0.05, 0.1) is 16.8 Å². The number of pyridine rings is 1. The first-order valence-electron chi connectivity index (χ1n) is 10.3. The number of aromatic nitrogens is 5. The van der Waals surface area contributed by atoms with Crippen LogP contribution in [0, 0.1) is 24.4 Å². The van der Waals surface area contributed by atoms with E-state index in [-0.39, 0.29) is 24.0 Å². The molecule has 34 heavy (non-hydrogen) atoms. The van der Waals surface area contributed by atoms with Crippen LogP contribution in [0.4, 0.5) is 24.8 Å². The molecular formula is C24H18F3N7. The van der Waals surface area contributed by atoms with Crippen molar-refractivity contribution in [2.45, 2.75) is 13.3 Å². The molecule has 0 atom stereocenters. The molecule has 7 nitrogen and oxygen atoms in total. The second kappa shape index (κ2) is 8.14. The second-order valence-electron chi connectivity index (χ2n) is 7.73. The summed E-state index contributed by atoms with van der Waals surface area (Å²) in [7, 11) is 0. The Morgan fingerprint density at radius 2 is 1.59 bits per heavy atom. The van der Waals surface area contributed by atoms with Crippen molar-refractivity contribution in [3.8, 4) is 17.1 Å². The van der Waals surface area contributed by atoms with E-state index >= 15 is 0 Å². The lowest BCUT2D eigenvalue weighted by atomic mass is 10.1. The van der Waals surface area contributed by atoms with Crippen molar-refractivity contribution < 1.29 is 13.2 Å². The predicted octanol–water partition coefficient (Wildman–Crippen LogP) is 4.36. The van der Waals surface area contributed by atoms with Gasteiger partial charge in [-0.1, -0.05) is 24.3 Å². The molecule has 10 heteroatoms. The lowest BCUT2D eigenvalue weighted by molar-refractivity contribution is 0.482. The van der Waals surface area contributed by atoms with Gasteiger partial charge in [0.25, 0.3) is 5.95 Å². The number of para-hydroxylation sites is 1. The normalized spacial score (nSPS) is 11.3. The van der Waals surface area contributed by atoms with E-state index in [1.54, 1.807) is 30.5 Å². The number of halogens is 3. The molecule has 0 aliphatic rings. The molecule has 0 saturated carbocycles. The number of benzene rings is 2. The van der Waals surface area contributed by atoms with Crippen LogP contribution in [-0.4, -0.2) is 24.7 Å². The van der Waals surface area contributed by atoms with E-state index in [9.17, 15) is 13.2 Å². The fraction of sp³-hybridized carbons (Fsp3) is 0.0833. The van der Waals surface area contributed by atoms with Crippen molar-refractivity contribution in [2.24, 2.45) is 0 Å². The fourth-order valence-electron chi connectivity index (χ4n) is 3.80. The Morgan fingerprint density at radius 3 is 2.29 bits per heavy atom. The molecule has 0 fully saturated rings. The van der Waals surface area contributed by atoms with E-state index < -0.39 is 23.0 Å². The Hall–Kier alpha value is -4.47. The standard InChI is InChI=1S/C24H18F3N7/c1-12-6-7-13(11-30-12)20-22(28)31-24(32-23(20)29)34-19-5-3-2-4-14(19)18(33-34)10-15-16(25)8-9-17(26)21(15)27/h2-9,11H,10H2,1H3,(H4,28,29,31,32). The summed E-state index contributed by atoms with van der Waals surface area (Å²) in [5.74, 6) is -2.92. The minimum atomic E-state index is -1.25. The van der Waals surface area contributed by atoms with Gasteiger partial charge in [-0.2, -0.15) is 19.7 Å². The molecule has 0 bridgehead atoms. The molecule has 0 aliphatic heterocycles. The molecule has 0 spiro atoms. The van der Waals surface area contributed by atoms with E-state index in [1.165, 1.54) is 4.68 Å². The van der Waals surface area contributed by atoms with Gasteiger partial charge in [-0.15, -0.1) is 0 Å². The summed E-state index contributed by atoms with van der Waals surface area (Å²) in [6.45, 7) is 1.86. The van der Waals surface area contributed by atoms with Crippen molar-refractivity contribution in [3.05, 3.63) is 89.1 Å². The number of nitrogens with zero attached hydrogens (tertiary/aromatic N) is 5. The quantitative estimate of drug-likeness (QED) is 0.385. The smallest absolute Gasteiger partial charge is 0.255 e. The number of rotatable bonds is 4. The van der Waals surface area contributed by atoms with Crippen LogP contribution in [0.1, 0.15) is 17.0 Å². The van der Waals surface area contributed by atoms with Crippen LogP contribution in [0.25, 0.3) is 28.0 Å². The van der Waals surface area contributed by atoms with Crippen LogP contribution >= 0.6 is 0 Å². The summed E-state index contributed by atoms with van der Waals surface area (Å²) >= 11 is 0. The number of hydrogen-bond donors (Lipinski definition) is 2. The van der Waals surface area contributed by atoms with Gasteiger partial charge in [0.1, 0.15) is 17.5 Å². The maximum atomic E-state index is 14.3. The molecule has 0 saturated heterocycles. The first kappa shape index (κ1) is 21.4. The minimum absolute atomic E-state index is 0.0847. The van der Waals surface area contributed by atoms with Gasteiger partial charge in [-0.05, 0) is 31.2 Å². The predicted molar refractivity (Wildman–Crippen MR) is 123 cm³/mol. The number of nitrogen functional groups attached to an aromatic ring is 2. The topological polar surface area (TPSA) is 109 Å². The second-order valence-corrected chi connectivity index (χ2v) is 7.73. The third kappa shape index (κ3) is 3.58. The summed E-state index contributed by atoms with van der Waals surface area (Å²) in [6.07, 6.45) is 1.35. The van der Waals surface area contributed by atoms with E-state index in [1.807, 2.05) is 19.1 Å². The summed E-state index contributed by atoms with van der Waals surface area (Å²) in [4.78, 5) is 13.0. The Morgan fingerprint density at radius 1 is 0.882 bits per heavy atom. The third-order valence-corrected chi connectivity index (χ3v) is 5.49.